The fourth-order valence-corrected chi connectivity index (χ4v) is 4.40. The Labute approximate surface area is 127 Å². The molecule has 0 spiro atoms. The molecule has 4 heteroatoms. The lowest BCUT2D eigenvalue weighted by Crippen LogP contribution is -2.44. The largest absolute Gasteiger partial charge is 0.413 e. The zero-order chi connectivity index (χ0) is 15.6. The highest BCUT2D eigenvalue weighted by Crippen LogP contribution is 2.37. The third kappa shape index (κ3) is 4.83. The molecule has 0 fully saturated rings. The van der Waals surface area contributed by atoms with Crippen molar-refractivity contribution < 1.29 is 8.63 Å². The molecule has 1 aromatic carbocycles. The van der Waals surface area contributed by atoms with E-state index in [4.69, 9.17) is 4.43 Å². The Morgan fingerprint density at radius 3 is 2.15 bits per heavy atom. The number of aryl methyl sites for hydroxylation is 1. The van der Waals surface area contributed by atoms with Gasteiger partial charge in [-0.3, -0.25) is 4.21 Å². The standard InChI is InChI=1S/C16H28O2SSi/c1-13-8-10-15(11-9-13)19(17)12-14(2)18-20(6,7)16(3,4)5/h8-11,14H,12H2,1-7H3/t14-,19?/m1/s1. The molecular formula is C16H28O2SSi. The first-order valence-electron chi connectivity index (χ1n) is 7.16. The molecule has 114 valence electrons. The summed E-state index contributed by atoms with van der Waals surface area (Å²) in [6.07, 6.45) is 0.0260. The van der Waals surface area contributed by atoms with Gasteiger partial charge in [0.1, 0.15) is 0 Å². The van der Waals surface area contributed by atoms with Gasteiger partial charge >= 0.3 is 0 Å². The van der Waals surface area contributed by atoms with Gasteiger partial charge in [0.15, 0.2) is 8.32 Å². The van der Waals surface area contributed by atoms with Crippen LogP contribution in [0.25, 0.3) is 0 Å². The Kier molecular flexibility index (Phi) is 5.76. The summed E-state index contributed by atoms with van der Waals surface area (Å²) in [7, 11) is -2.77. The van der Waals surface area contributed by atoms with Crippen molar-refractivity contribution in [2.24, 2.45) is 0 Å². The third-order valence-electron chi connectivity index (χ3n) is 3.97. The first-order valence-corrected chi connectivity index (χ1v) is 11.4. The van der Waals surface area contributed by atoms with Crippen LogP contribution in [0.2, 0.25) is 18.1 Å². The van der Waals surface area contributed by atoms with E-state index in [0.717, 1.165) is 4.90 Å². The van der Waals surface area contributed by atoms with Crippen molar-refractivity contribution in [3.8, 4) is 0 Å². The van der Waals surface area contributed by atoms with Crippen LogP contribution in [0.15, 0.2) is 29.2 Å². The summed E-state index contributed by atoms with van der Waals surface area (Å²) < 4.78 is 18.6. The molecule has 0 aliphatic rings. The molecule has 2 nitrogen and oxygen atoms in total. The molecule has 0 amide bonds. The van der Waals surface area contributed by atoms with Gasteiger partial charge < -0.3 is 4.43 Å². The van der Waals surface area contributed by atoms with Gasteiger partial charge in [0.2, 0.25) is 0 Å². The van der Waals surface area contributed by atoms with Gasteiger partial charge in [0, 0.05) is 4.90 Å². The van der Waals surface area contributed by atoms with E-state index < -0.39 is 19.1 Å². The van der Waals surface area contributed by atoms with Crippen LogP contribution in [0.5, 0.6) is 0 Å². The maximum Gasteiger partial charge on any atom is 0.192 e. The summed E-state index contributed by atoms with van der Waals surface area (Å²) in [6, 6.07) is 7.91. The number of rotatable bonds is 5. The molecule has 0 saturated carbocycles. The van der Waals surface area contributed by atoms with E-state index in [9.17, 15) is 4.21 Å². The van der Waals surface area contributed by atoms with Crippen LogP contribution >= 0.6 is 0 Å². The van der Waals surface area contributed by atoms with Crippen molar-refractivity contribution in [1.82, 2.24) is 0 Å². The third-order valence-corrected chi connectivity index (χ3v) is 10.1. The van der Waals surface area contributed by atoms with E-state index >= 15 is 0 Å². The first-order chi connectivity index (χ1) is 9.03. The minimum Gasteiger partial charge on any atom is -0.413 e. The van der Waals surface area contributed by atoms with Gasteiger partial charge in [-0.15, -0.1) is 0 Å². The molecule has 0 heterocycles. The second-order valence-electron chi connectivity index (χ2n) is 7.01. The summed E-state index contributed by atoms with van der Waals surface area (Å²) in [6.45, 7) is 15.2. The van der Waals surface area contributed by atoms with Gasteiger partial charge in [-0.2, -0.15) is 0 Å². The van der Waals surface area contributed by atoms with E-state index in [1.807, 2.05) is 38.1 Å². The van der Waals surface area contributed by atoms with Crippen LogP contribution in [-0.2, 0) is 15.2 Å². The molecule has 0 bridgehead atoms. The number of hydrogen-bond acceptors (Lipinski definition) is 2. The van der Waals surface area contributed by atoms with Crippen LogP contribution in [0.3, 0.4) is 0 Å². The van der Waals surface area contributed by atoms with E-state index in [-0.39, 0.29) is 11.1 Å². The predicted octanol–water partition coefficient (Wildman–Crippen LogP) is 4.51. The van der Waals surface area contributed by atoms with Gasteiger partial charge in [-0.05, 0) is 44.1 Å². The predicted molar refractivity (Wildman–Crippen MR) is 90.2 cm³/mol. The monoisotopic (exact) mass is 312 g/mol. The molecule has 2 atom stereocenters. The maximum atomic E-state index is 12.3. The molecule has 0 aromatic heterocycles. The van der Waals surface area contributed by atoms with Crippen molar-refractivity contribution in [2.75, 3.05) is 5.75 Å². The molecular weight excluding hydrogens is 284 g/mol. The molecule has 0 aliphatic heterocycles. The summed E-state index contributed by atoms with van der Waals surface area (Å²) in [5, 5.41) is 0.187. The maximum absolute atomic E-state index is 12.3. The normalized spacial score (nSPS) is 15.9. The topological polar surface area (TPSA) is 26.3 Å². The van der Waals surface area contributed by atoms with Crippen molar-refractivity contribution in [1.29, 1.82) is 0 Å². The minimum absolute atomic E-state index is 0.0260. The second kappa shape index (κ2) is 6.54. The van der Waals surface area contributed by atoms with Crippen molar-refractivity contribution in [3.63, 3.8) is 0 Å². The highest BCUT2D eigenvalue weighted by atomic mass is 32.2. The summed E-state index contributed by atoms with van der Waals surface area (Å²) in [5.41, 5.74) is 1.19. The molecule has 1 rings (SSSR count). The average molecular weight is 313 g/mol. The summed E-state index contributed by atoms with van der Waals surface area (Å²) in [5.74, 6) is 0.565. The van der Waals surface area contributed by atoms with Crippen molar-refractivity contribution in [3.05, 3.63) is 29.8 Å². The Bertz CT molecular complexity index is 460. The van der Waals surface area contributed by atoms with E-state index in [2.05, 4.69) is 33.9 Å². The van der Waals surface area contributed by atoms with Crippen LogP contribution in [0.1, 0.15) is 33.3 Å². The van der Waals surface area contributed by atoms with Gasteiger partial charge in [0.25, 0.3) is 0 Å². The molecule has 1 unspecified atom stereocenters. The molecule has 0 radical (unpaired) electrons. The fraction of sp³-hybridized carbons (Fsp3) is 0.625. The lowest BCUT2D eigenvalue weighted by atomic mass is 10.2. The Balaban J connectivity index is 2.65. The quantitative estimate of drug-likeness (QED) is 0.748. The number of hydrogen-bond donors (Lipinski definition) is 0. The molecule has 1 aromatic rings. The SMILES string of the molecule is Cc1ccc(S(=O)C[C@@H](C)O[Si](C)(C)C(C)(C)C)cc1. The lowest BCUT2D eigenvalue weighted by molar-refractivity contribution is 0.221. The fourth-order valence-electron chi connectivity index (χ4n) is 1.71. The molecule has 0 aliphatic carbocycles. The van der Waals surface area contributed by atoms with E-state index in [1.165, 1.54) is 5.56 Å². The Morgan fingerprint density at radius 1 is 1.20 bits per heavy atom. The number of benzene rings is 1. The van der Waals surface area contributed by atoms with Crippen molar-refractivity contribution >= 4 is 19.1 Å². The van der Waals surface area contributed by atoms with Crippen LogP contribution < -0.4 is 0 Å². The molecule has 20 heavy (non-hydrogen) atoms. The highest BCUT2D eigenvalue weighted by Gasteiger charge is 2.38. The summed E-state index contributed by atoms with van der Waals surface area (Å²) in [4.78, 5) is 0.890. The Hall–Kier alpha value is -0.453. The Morgan fingerprint density at radius 2 is 1.70 bits per heavy atom. The zero-order valence-electron chi connectivity index (χ0n) is 13.8. The van der Waals surface area contributed by atoms with E-state index in [0.29, 0.717) is 5.75 Å². The second-order valence-corrected chi connectivity index (χ2v) is 13.3. The van der Waals surface area contributed by atoms with Gasteiger partial charge in [-0.25, -0.2) is 0 Å². The lowest BCUT2D eigenvalue weighted by Gasteiger charge is -2.38. The van der Waals surface area contributed by atoms with Gasteiger partial charge in [-0.1, -0.05) is 38.5 Å². The average Bonchev–Trinajstić information content (AvgIpc) is 2.27. The van der Waals surface area contributed by atoms with E-state index in [1.54, 1.807) is 0 Å². The molecule has 0 N–H and O–H groups in total. The zero-order valence-corrected chi connectivity index (χ0v) is 15.6. The van der Waals surface area contributed by atoms with Crippen LogP contribution in [0.4, 0.5) is 0 Å². The minimum atomic E-state index is -1.78. The first kappa shape index (κ1) is 17.6. The van der Waals surface area contributed by atoms with Gasteiger partial charge in [0.05, 0.1) is 22.7 Å². The smallest absolute Gasteiger partial charge is 0.192 e. The highest BCUT2D eigenvalue weighted by molar-refractivity contribution is 7.85. The summed E-state index contributed by atoms with van der Waals surface area (Å²) >= 11 is 0. The molecule has 0 saturated heterocycles. The van der Waals surface area contributed by atoms with Crippen molar-refractivity contribution in [2.45, 2.75) is 63.8 Å². The van der Waals surface area contributed by atoms with Crippen LogP contribution in [0, 0.1) is 6.92 Å². The van der Waals surface area contributed by atoms with Crippen LogP contribution in [-0.4, -0.2) is 24.4 Å².